The van der Waals surface area contributed by atoms with Crippen LogP contribution in [0, 0.1) is 23.7 Å². The number of rotatable bonds is 2. The van der Waals surface area contributed by atoms with E-state index >= 15 is 0 Å². The highest BCUT2D eigenvalue weighted by molar-refractivity contribution is 5.91. The van der Waals surface area contributed by atoms with Crippen LogP contribution in [0.2, 0.25) is 0 Å². The lowest BCUT2D eigenvalue weighted by molar-refractivity contribution is -0.101. The maximum Gasteiger partial charge on any atom is 0.338 e. The highest BCUT2D eigenvalue weighted by atomic mass is 16.5. The number of phenols is 3. The molecule has 1 aromatic rings. The van der Waals surface area contributed by atoms with Crippen LogP contribution >= 0.6 is 0 Å². The van der Waals surface area contributed by atoms with Crippen molar-refractivity contribution in [2.24, 2.45) is 23.7 Å². The van der Waals surface area contributed by atoms with Crippen molar-refractivity contribution >= 4 is 5.97 Å². The maximum atomic E-state index is 12.3. The molecule has 4 saturated carbocycles. The topological polar surface area (TPSA) is 87.0 Å². The second-order valence-corrected chi connectivity index (χ2v) is 7.16. The van der Waals surface area contributed by atoms with E-state index in [9.17, 15) is 20.1 Å². The van der Waals surface area contributed by atoms with Crippen LogP contribution in [0.5, 0.6) is 17.2 Å². The molecule has 5 nitrogen and oxygen atoms in total. The molecule has 0 saturated heterocycles. The van der Waals surface area contributed by atoms with Crippen molar-refractivity contribution in [2.45, 2.75) is 38.2 Å². The zero-order valence-corrected chi connectivity index (χ0v) is 12.2. The Bertz CT molecular complexity index is 572. The van der Waals surface area contributed by atoms with Crippen LogP contribution in [-0.4, -0.2) is 27.4 Å². The van der Waals surface area contributed by atoms with E-state index in [0.717, 1.165) is 49.7 Å². The minimum atomic E-state index is -0.619. The number of hydrogen-bond acceptors (Lipinski definition) is 5. The molecule has 0 spiro atoms. The monoisotopic (exact) mass is 304 g/mol. The summed E-state index contributed by atoms with van der Waals surface area (Å²) in [4.78, 5) is 12.3. The van der Waals surface area contributed by atoms with Gasteiger partial charge in [0, 0.05) is 0 Å². The van der Waals surface area contributed by atoms with Gasteiger partial charge in [-0.3, -0.25) is 0 Å². The van der Waals surface area contributed by atoms with Crippen molar-refractivity contribution in [1.29, 1.82) is 0 Å². The van der Waals surface area contributed by atoms with Crippen LogP contribution in [0.15, 0.2) is 12.1 Å². The lowest BCUT2D eigenvalue weighted by atomic mass is 9.55. The van der Waals surface area contributed by atoms with Gasteiger partial charge in [-0.1, -0.05) is 0 Å². The maximum absolute atomic E-state index is 12.3. The third-order valence-corrected chi connectivity index (χ3v) is 5.69. The fraction of sp³-hybridized carbons (Fsp3) is 0.588. The van der Waals surface area contributed by atoms with Gasteiger partial charge in [0.1, 0.15) is 6.10 Å². The van der Waals surface area contributed by atoms with Crippen LogP contribution in [0.4, 0.5) is 0 Å². The quantitative estimate of drug-likeness (QED) is 0.577. The minimum absolute atomic E-state index is 0.0432. The number of benzene rings is 1. The summed E-state index contributed by atoms with van der Waals surface area (Å²) in [5, 5.41) is 28.4. The molecular weight excluding hydrogens is 284 g/mol. The molecule has 1 aromatic carbocycles. The largest absolute Gasteiger partial charge is 0.504 e. The molecule has 0 atom stereocenters. The molecule has 5 heteroatoms. The molecule has 0 aliphatic heterocycles. The summed E-state index contributed by atoms with van der Waals surface area (Å²) in [6, 6.07) is 2.26. The van der Waals surface area contributed by atoms with Gasteiger partial charge in [-0.05, 0) is 67.9 Å². The van der Waals surface area contributed by atoms with Gasteiger partial charge >= 0.3 is 5.97 Å². The summed E-state index contributed by atoms with van der Waals surface area (Å²) < 4.78 is 5.72. The number of esters is 1. The van der Waals surface area contributed by atoms with Crippen LogP contribution < -0.4 is 0 Å². The van der Waals surface area contributed by atoms with Crippen molar-refractivity contribution in [2.75, 3.05) is 0 Å². The Kier molecular flexibility index (Phi) is 2.99. The van der Waals surface area contributed by atoms with Crippen LogP contribution in [0.3, 0.4) is 0 Å². The fourth-order valence-corrected chi connectivity index (χ4v) is 4.98. The average Bonchev–Trinajstić information content (AvgIpc) is 2.47. The van der Waals surface area contributed by atoms with Crippen LogP contribution in [0.25, 0.3) is 0 Å². The van der Waals surface area contributed by atoms with Gasteiger partial charge in [0.15, 0.2) is 17.2 Å². The zero-order chi connectivity index (χ0) is 15.4. The molecule has 4 aliphatic rings. The molecule has 4 fully saturated rings. The Labute approximate surface area is 128 Å². The molecule has 0 amide bonds. The van der Waals surface area contributed by atoms with Crippen molar-refractivity contribution < 1.29 is 24.9 Å². The minimum Gasteiger partial charge on any atom is -0.504 e. The molecule has 3 N–H and O–H groups in total. The third kappa shape index (κ3) is 2.11. The zero-order valence-electron chi connectivity index (χ0n) is 12.2. The first-order chi connectivity index (χ1) is 10.5. The van der Waals surface area contributed by atoms with Crippen molar-refractivity contribution in [3.63, 3.8) is 0 Å². The molecule has 0 aromatic heterocycles. The van der Waals surface area contributed by atoms with Gasteiger partial charge in [-0.25, -0.2) is 4.79 Å². The molecule has 5 rings (SSSR count). The number of aromatic hydroxyl groups is 3. The van der Waals surface area contributed by atoms with E-state index in [1.807, 2.05) is 0 Å². The van der Waals surface area contributed by atoms with Gasteiger partial charge in [-0.2, -0.15) is 0 Å². The molecule has 4 bridgehead atoms. The SMILES string of the molecule is O=C(OC1C2CC3CC(C2)CC1C3)c1cc(O)c(O)c(O)c1. The Balaban J connectivity index is 1.53. The Morgan fingerprint density at radius 2 is 1.41 bits per heavy atom. The van der Waals surface area contributed by atoms with E-state index in [0.29, 0.717) is 11.8 Å². The number of phenolic OH excluding ortho intramolecular Hbond substituents is 3. The average molecular weight is 304 g/mol. The summed E-state index contributed by atoms with van der Waals surface area (Å²) in [5.74, 6) is 0.334. The lowest BCUT2D eigenvalue weighted by Crippen LogP contribution is -2.50. The van der Waals surface area contributed by atoms with E-state index in [2.05, 4.69) is 0 Å². The van der Waals surface area contributed by atoms with E-state index < -0.39 is 23.2 Å². The number of carbonyl (C=O) groups is 1. The summed E-state index contributed by atoms with van der Waals surface area (Å²) in [6.07, 6.45) is 5.90. The molecular formula is C17H20O5. The van der Waals surface area contributed by atoms with E-state index in [4.69, 9.17) is 4.74 Å². The predicted molar refractivity (Wildman–Crippen MR) is 77.7 cm³/mol. The van der Waals surface area contributed by atoms with Gasteiger partial charge in [0.2, 0.25) is 0 Å². The van der Waals surface area contributed by atoms with E-state index in [1.165, 1.54) is 6.42 Å². The first-order valence-electron chi connectivity index (χ1n) is 7.97. The van der Waals surface area contributed by atoms with Crippen molar-refractivity contribution in [3.05, 3.63) is 17.7 Å². The summed E-state index contributed by atoms with van der Waals surface area (Å²) >= 11 is 0. The van der Waals surface area contributed by atoms with Crippen molar-refractivity contribution in [1.82, 2.24) is 0 Å². The molecule has 0 heterocycles. The molecule has 22 heavy (non-hydrogen) atoms. The molecule has 0 unspecified atom stereocenters. The van der Waals surface area contributed by atoms with Crippen LogP contribution in [-0.2, 0) is 4.74 Å². The molecule has 118 valence electrons. The number of ether oxygens (including phenoxy) is 1. The second-order valence-electron chi connectivity index (χ2n) is 7.16. The van der Waals surface area contributed by atoms with E-state index in [-0.39, 0.29) is 11.7 Å². The summed E-state index contributed by atoms with van der Waals surface area (Å²) in [7, 11) is 0. The summed E-state index contributed by atoms with van der Waals surface area (Å²) in [5.41, 5.74) is 0.0709. The third-order valence-electron chi connectivity index (χ3n) is 5.69. The Morgan fingerprint density at radius 3 is 1.91 bits per heavy atom. The Hall–Kier alpha value is -1.91. The Morgan fingerprint density at radius 1 is 0.909 bits per heavy atom. The number of hydrogen-bond donors (Lipinski definition) is 3. The van der Waals surface area contributed by atoms with E-state index in [1.54, 1.807) is 0 Å². The smallest absolute Gasteiger partial charge is 0.338 e. The second kappa shape index (κ2) is 4.80. The molecule has 0 radical (unpaired) electrons. The first kappa shape index (κ1) is 13.7. The lowest BCUT2D eigenvalue weighted by Gasteiger charge is -2.53. The molecule has 4 aliphatic carbocycles. The van der Waals surface area contributed by atoms with Gasteiger partial charge < -0.3 is 20.1 Å². The highest BCUT2D eigenvalue weighted by Gasteiger charge is 2.50. The normalized spacial score (nSPS) is 35.5. The first-order valence-corrected chi connectivity index (χ1v) is 7.97. The van der Waals surface area contributed by atoms with Gasteiger partial charge in [-0.15, -0.1) is 0 Å². The van der Waals surface area contributed by atoms with Crippen LogP contribution in [0.1, 0.15) is 42.5 Å². The predicted octanol–water partition coefficient (Wildman–Crippen LogP) is 2.78. The standard InChI is InChI=1S/C17H20O5/c18-13-6-12(7-14(19)15(13)20)17(21)22-16-10-2-8-1-9(4-10)5-11(16)3-8/h6-11,16,18-20H,1-5H2. The fourth-order valence-electron chi connectivity index (χ4n) is 4.98. The van der Waals surface area contributed by atoms with Crippen molar-refractivity contribution in [3.8, 4) is 17.2 Å². The highest BCUT2D eigenvalue weighted by Crippen LogP contribution is 2.54. The summed E-state index contributed by atoms with van der Waals surface area (Å²) in [6.45, 7) is 0. The van der Waals surface area contributed by atoms with Gasteiger partial charge in [0.25, 0.3) is 0 Å². The number of carbonyl (C=O) groups excluding carboxylic acids is 1. The van der Waals surface area contributed by atoms with Gasteiger partial charge in [0.05, 0.1) is 5.56 Å².